The van der Waals surface area contributed by atoms with Gasteiger partial charge in [0.1, 0.15) is 0 Å². The lowest BCUT2D eigenvalue weighted by Gasteiger charge is -2.39. The molecule has 1 heterocycles. The minimum atomic E-state index is -0.527. The van der Waals surface area contributed by atoms with Crippen molar-refractivity contribution in [1.29, 1.82) is 0 Å². The minimum Gasteiger partial charge on any atom is -0.388 e. The number of nitrogens with zero attached hydrogens (tertiary/aromatic N) is 1. The molecule has 1 fully saturated rings. The Kier molecular flexibility index (Phi) is 5.74. The van der Waals surface area contributed by atoms with E-state index in [1.54, 1.807) is 12.1 Å². The van der Waals surface area contributed by atoms with Crippen LogP contribution in [0.5, 0.6) is 0 Å². The van der Waals surface area contributed by atoms with E-state index in [0.29, 0.717) is 28.5 Å². The fraction of sp³-hybridized carbons (Fsp3) is 0.625. The maximum atomic E-state index is 10.3. The topological polar surface area (TPSA) is 23.5 Å². The largest absolute Gasteiger partial charge is 0.388 e. The van der Waals surface area contributed by atoms with Crippen LogP contribution in [0.2, 0.25) is 10.0 Å². The van der Waals surface area contributed by atoms with Crippen molar-refractivity contribution in [2.75, 3.05) is 6.54 Å². The van der Waals surface area contributed by atoms with Crippen LogP contribution in [0, 0.1) is 0 Å². The lowest BCUT2D eigenvalue weighted by Crippen LogP contribution is -2.44. The zero-order valence-electron chi connectivity index (χ0n) is 12.1. The number of halogens is 2. The first kappa shape index (κ1) is 16.1. The number of aliphatic hydroxyl groups excluding tert-OH is 1. The van der Waals surface area contributed by atoms with E-state index in [1.807, 2.05) is 6.07 Å². The molecule has 1 N–H and O–H groups in total. The summed E-state index contributed by atoms with van der Waals surface area (Å²) in [6.45, 7) is 5.46. The summed E-state index contributed by atoms with van der Waals surface area (Å²) >= 11 is 12.0. The molecule has 112 valence electrons. The Morgan fingerprint density at radius 1 is 1.25 bits per heavy atom. The summed E-state index contributed by atoms with van der Waals surface area (Å²) in [5, 5.41) is 11.5. The second kappa shape index (κ2) is 7.13. The van der Waals surface area contributed by atoms with Gasteiger partial charge in [0.2, 0.25) is 0 Å². The van der Waals surface area contributed by atoms with Crippen LogP contribution in [0.25, 0.3) is 0 Å². The molecule has 1 saturated heterocycles. The van der Waals surface area contributed by atoms with Gasteiger partial charge in [-0.1, -0.05) is 35.7 Å². The van der Waals surface area contributed by atoms with E-state index < -0.39 is 6.10 Å². The molecular weight excluding hydrogens is 293 g/mol. The summed E-state index contributed by atoms with van der Waals surface area (Å²) < 4.78 is 0. The Morgan fingerprint density at radius 3 is 2.50 bits per heavy atom. The van der Waals surface area contributed by atoms with Crippen LogP contribution in [0.4, 0.5) is 0 Å². The summed E-state index contributed by atoms with van der Waals surface area (Å²) in [5.74, 6) is 0. The van der Waals surface area contributed by atoms with Gasteiger partial charge in [0.05, 0.1) is 6.10 Å². The van der Waals surface area contributed by atoms with E-state index in [2.05, 4.69) is 18.7 Å². The molecule has 1 aromatic carbocycles. The molecular formula is C16H23Cl2NO. The van der Waals surface area contributed by atoms with Crippen molar-refractivity contribution < 1.29 is 5.11 Å². The smallest absolute Gasteiger partial charge is 0.0816 e. The van der Waals surface area contributed by atoms with E-state index in [1.165, 1.54) is 19.3 Å². The molecule has 3 atom stereocenters. The van der Waals surface area contributed by atoms with Crippen molar-refractivity contribution in [1.82, 2.24) is 4.90 Å². The van der Waals surface area contributed by atoms with Gasteiger partial charge in [-0.2, -0.15) is 0 Å². The average Bonchev–Trinajstić information content (AvgIpc) is 2.37. The Bertz CT molecular complexity index is 442. The number of rotatable bonds is 4. The van der Waals surface area contributed by atoms with Crippen molar-refractivity contribution in [3.8, 4) is 0 Å². The molecule has 0 spiro atoms. The number of likely N-dealkylation sites (tertiary alicyclic amines) is 1. The molecule has 2 nitrogen and oxygen atoms in total. The van der Waals surface area contributed by atoms with E-state index in [9.17, 15) is 5.11 Å². The third kappa shape index (κ3) is 3.88. The summed E-state index contributed by atoms with van der Waals surface area (Å²) in [4.78, 5) is 2.50. The van der Waals surface area contributed by atoms with Crippen LogP contribution in [-0.2, 0) is 0 Å². The maximum Gasteiger partial charge on any atom is 0.0816 e. The third-order valence-corrected chi connectivity index (χ3v) is 4.92. The van der Waals surface area contributed by atoms with Crippen LogP contribution < -0.4 is 0 Å². The van der Waals surface area contributed by atoms with E-state index in [4.69, 9.17) is 23.2 Å². The molecule has 0 aliphatic carbocycles. The molecule has 1 aliphatic rings. The van der Waals surface area contributed by atoms with E-state index in [-0.39, 0.29) is 0 Å². The Balaban J connectivity index is 1.95. The van der Waals surface area contributed by atoms with Crippen molar-refractivity contribution in [2.24, 2.45) is 0 Å². The first-order chi connectivity index (χ1) is 9.49. The van der Waals surface area contributed by atoms with Gasteiger partial charge in [-0.15, -0.1) is 0 Å². The number of hydrogen-bond acceptors (Lipinski definition) is 2. The zero-order chi connectivity index (χ0) is 14.7. The highest BCUT2D eigenvalue weighted by molar-refractivity contribution is 6.35. The van der Waals surface area contributed by atoms with Crippen molar-refractivity contribution in [3.05, 3.63) is 33.8 Å². The Hall–Kier alpha value is -0.280. The van der Waals surface area contributed by atoms with Gasteiger partial charge in [-0.05, 0) is 50.8 Å². The van der Waals surface area contributed by atoms with Gasteiger partial charge in [0.15, 0.2) is 0 Å². The number of benzene rings is 1. The van der Waals surface area contributed by atoms with Crippen LogP contribution in [-0.4, -0.2) is 28.6 Å². The first-order valence-electron chi connectivity index (χ1n) is 7.37. The predicted molar refractivity (Wildman–Crippen MR) is 85.5 cm³/mol. The van der Waals surface area contributed by atoms with Crippen molar-refractivity contribution >= 4 is 23.2 Å². The van der Waals surface area contributed by atoms with E-state index in [0.717, 1.165) is 12.1 Å². The summed E-state index contributed by atoms with van der Waals surface area (Å²) in [6, 6.07) is 6.49. The summed E-state index contributed by atoms with van der Waals surface area (Å²) in [7, 11) is 0. The van der Waals surface area contributed by atoms with Crippen LogP contribution in [0.1, 0.15) is 51.2 Å². The number of hydrogen-bond donors (Lipinski definition) is 1. The predicted octanol–water partition coefficient (Wildman–Crippen LogP) is 4.68. The normalized spacial score (nSPS) is 25.6. The number of piperidine rings is 1. The zero-order valence-corrected chi connectivity index (χ0v) is 13.7. The first-order valence-corrected chi connectivity index (χ1v) is 8.13. The van der Waals surface area contributed by atoms with E-state index >= 15 is 0 Å². The molecule has 0 aromatic heterocycles. The van der Waals surface area contributed by atoms with Gasteiger partial charge in [0.25, 0.3) is 0 Å². The Morgan fingerprint density at radius 2 is 1.90 bits per heavy atom. The number of aliphatic hydroxyl groups is 1. The van der Waals surface area contributed by atoms with Crippen LogP contribution in [0.3, 0.4) is 0 Å². The standard InChI is InChI=1S/C16H23Cl2NO/c1-11-4-3-5-12(2)19(11)9-8-16(20)14-7-6-13(17)10-15(14)18/h6-7,10-12,16,20H,3-5,8-9H2,1-2H3. The molecule has 20 heavy (non-hydrogen) atoms. The summed E-state index contributed by atoms with van der Waals surface area (Å²) in [5.41, 5.74) is 0.772. The average molecular weight is 316 g/mol. The van der Waals surface area contributed by atoms with Crippen LogP contribution in [0.15, 0.2) is 18.2 Å². The highest BCUT2D eigenvalue weighted by Crippen LogP contribution is 2.29. The monoisotopic (exact) mass is 315 g/mol. The lowest BCUT2D eigenvalue weighted by molar-refractivity contribution is 0.0748. The molecule has 1 aromatic rings. The molecule has 0 bridgehead atoms. The minimum absolute atomic E-state index is 0.527. The lowest BCUT2D eigenvalue weighted by atomic mass is 9.96. The molecule has 0 radical (unpaired) electrons. The van der Waals surface area contributed by atoms with Gasteiger partial charge in [-0.3, -0.25) is 4.90 Å². The van der Waals surface area contributed by atoms with Gasteiger partial charge in [-0.25, -0.2) is 0 Å². The second-order valence-electron chi connectivity index (χ2n) is 5.84. The molecule has 2 rings (SSSR count). The molecule has 3 unspecified atom stereocenters. The van der Waals surface area contributed by atoms with Crippen LogP contribution >= 0.6 is 23.2 Å². The quantitative estimate of drug-likeness (QED) is 0.872. The summed E-state index contributed by atoms with van der Waals surface area (Å²) in [6.07, 6.45) is 3.99. The van der Waals surface area contributed by atoms with Crippen molar-refractivity contribution in [3.63, 3.8) is 0 Å². The molecule has 0 amide bonds. The van der Waals surface area contributed by atoms with Gasteiger partial charge in [0, 0.05) is 28.7 Å². The molecule has 4 heteroatoms. The fourth-order valence-electron chi connectivity index (χ4n) is 3.11. The third-order valence-electron chi connectivity index (χ3n) is 4.36. The second-order valence-corrected chi connectivity index (χ2v) is 6.68. The van der Waals surface area contributed by atoms with Gasteiger partial charge < -0.3 is 5.11 Å². The molecule has 1 aliphatic heterocycles. The molecule has 0 saturated carbocycles. The fourth-order valence-corrected chi connectivity index (χ4v) is 3.65. The maximum absolute atomic E-state index is 10.3. The highest BCUT2D eigenvalue weighted by Gasteiger charge is 2.25. The van der Waals surface area contributed by atoms with Crippen molar-refractivity contribution in [2.45, 2.75) is 57.7 Å². The highest BCUT2D eigenvalue weighted by atomic mass is 35.5. The van der Waals surface area contributed by atoms with Gasteiger partial charge >= 0.3 is 0 Å². The SMILES string of the molecule is CC1CCCC(C)N1CCC(O)c1ccc(Cl)cc1Cl. The Labute approximate surface area is 131 Å².